The summed E-state index contributed by atoms with van der Waals surface area (Å²) < 4.78 is 13.7. The molecule has 0 spiro atoms. The molecule has 0 aromatic heterocycles. The van der Waals surface area contributed by atoms with E-state index in [1.807, 2.05) is 19.2 Å². The van der Waals surface area contributed by atoms with Gasteiger partial charge in [0, 0.05) is 16.7 Å². The van der Waals surface area contributed by atoms with Crippen molar-refractivity contribution in [2.24, 2.45) is 0 Å². The Morgan fingerprint density at radius 3 is 2.50 bits per heavy atom. The molecule has 0 fully saturated rings. The van der Waals surface area contributed by atoms with Crippen LogP contribution in [0.3, 0.4) is 0 Å². The molecule has 106 valence electrons. The van der Waals surface area contributed by atoms with Crippen LogP contribution in [0.5, 0.6) is 0 Å². The van der Waals surface area contributed by atoms with Gasteiger partial charge in [0.05, 0.1) is 4.47 Å². The van der Waals surface area contributed by atoms with E-state index < -0.39 is 0 Å². The van der Waals surface area contributed by atoms with Gasteiger partial charge in [-0.25, -0.2) is 4.39 Å². The van der Waals surface area contributed by atoms with Gasteiger partial charge in [-0.3, -0.25) is 0 Å². The lowest BCUT2D eigenvalue weighted by molar-refractivity contribution is 0.620. The Morgan fingerprint density at radius 1 is 1.20 bits per heavy atom. The van der Waals surface area contributed by atoms with E-state index in [9.17, 15) is 4.39 Å². The van der Waals surface area contributed by atoms with Crippen LogP contribution >= 0.6 is 27.7 Å². The van der Waals surface area contributed by atoms with Crippen LogP contribution in [-0.2, 0) is 5.75 Å². The van der Waals surface area contributed by atoms with Crippen molar-refractivity contribution in [2.75, 3.05) is 7.05 Å². The first kappa shape index (κ1) is 15.5. The second-order valence-corrected chi connectivity index (χ2v) is 6.52. The molecule has 2 aromatic rings. The van der Waals surface area contributed by atoms with E-state index in [0.717, 1.165) is 11.3 Å². The first-order valence-corrected chi connectivity index (χ1v) is 8.22. The number of rotatable bonds is 5. The summed E-state index contributed by atoms with van der Waals surface area (Å²) >= 11 is 4.97. The first-order chi connectivity index (χ1) is 9.60. The van der Waals surface area contributed by atoms with Gasteiger partial charge in [0.15, 0.2) is 0 Å². The lowest BCUT2D eigenvalue weighted by atomic mass is 10.1. The maximum atomic E-state index is 13.2. The summed E-state index contributed by atoms with van der Waals surface area (Å²) in [6.07, 6.45) is 0. The molecule has 0 heterocycles. The number of halogens is 2. The van der Waals surface area contributed by atoms with Crippen LogP contribution in [-0.4, -0.2) is 7.05 Å². The predicted molar refractivity (Wildman–Crippen MR) is 87.6 cm³/mol. The van der Waals surface area contributed by atoms with Gasteiger partial charge in [0.1, 0.15) is 5.82 Å². The van der Waals surface area contributed by atoms with Crippen LogP contribution in [0.25, 0.3) is 0 Å². The fraction of sp³-hybridized carbons (Fsp3) is 0.250. The van der Waals surface area contributed by atoms with Crippen molar-refractivity contribution < 1.29 is 4.39 Å². The average Bonchev–Trinajstić information content (AvgIpc) is 2.48. The average molecular weight is 354 g/mol. The third-order valence-corrected chi connectivity index (χ3v) is 4.89. The summed E-state index contributed by atoms with van der Waals surface area (Å²) in [6.45, 7) is 2.14. The normalized spacial score (nSPS) is 12.4. The molecular weight excluding hydrogens is 337 g/mol. The highest BCUT2D eigenvalue weighted by Gasteiger charge is 2.04. The van der Waals surface area contributed by atoms with Crippen LogP contribution in [0, 0.1) is 5.82 Å². The second-order valence-electron chi connectivity index (χ2n) is 4.62. The van der Waals surface area contributed by atoms with E-state index in [2.05, 4.69) is 52.4 Å². The van der Waals surface area contributed by atoms with Crippen LogP contribution in [0.1, 0.15) is 24.1 Å². The maximum absolute atomic E-state index is 13.2. The number of benzene rings is 2. The van der Waals surface area contributed by atoms with Crippen LogP contribution in [0.4, 0.5) is 4.39 Å². The topological polar surface area (TPSA) is 12.0 Å². The molecular formula is C16H17BrFNS. The van der Waals surface area contributed by atoms with Gasteiger partial charge in [0.2, 0.25) is 0 Å². The minimum atomic E-state index is -0.218. The van der Waals surface area contributed by atoms with E-state index in [1.165, 1.54) is 16.5 Å². The minimum absolute atomic E-state index is 0.218. The van der Waals surface area contributed by atoms with Gasteiger partial charge in [-0.15, -0.1) is 11.8 Å². The Morgan fingerprint density at radius 2 is 1.90 bits per heavy atom. The standard InChI is InChI=1S/C16H17BrFNS/c1-11(19-2)13-4-6-14(7-5-13)20-10-12-3-8-16(18)15(17)9-12/h3-9,11,19H,10H2,1-2H3. The van der Waals surface area contributed by atoms with Crippen LogP contribution in [0.15, 0.2) is 51.8 Å². The minimum Gasteiger partial charge on any atom is -0.313 e. The molecule has 0 bridgehead atoms. The van der Waals surface area contributed by atoms with Crippen LogP contribution in [0.2, 0.25) is 0 Å². The molecule has 2 rings (SSSR count). The molecule has 0 aliphatic carbocycles. The predicted octanol–water partition coefficient (Wildman–Crippen LogP) is 5.16. The van der Waals surface area contributed by atoms with E-state index in [4.69, 9.17) is 0 Å². The van der Waals surface area contributed by atoms with Crippen molar-refractivity contribution in [1.29, 1.82) is 0 Å². The van der Waals surface area contributed by atoms with Crippen LogP contribution < -0.4 is 5.32 Å². The number of hydrogen-bond donors (Lipinski definition) is 1. The highest BCUT2D eigenvalue weighted by Crippen LogP contribution is 2.26. The molecule has 1 unspecified atom stereocenters. The summed E-state index contributed by atoms with van der Waals surface area (Å²) in [5, 5.41) is 3.22. The van der Waals surface area contributed by atoms with Gasteiger partial charge in [-0.1, -0.05) is 18.2 Å². The summed E-state index contributed by atoms with van der Waals surface area (Å²) in [7, 11) is 1.96. The second kappa shape index (κ2) is 7.25. The molecule has 1 N–H and O–H groups in total. The van der Waals surface area contributed by atoms with Crippen molar-refractivity contribution >= 4 is 27.7 Å². The monoisotopic (exact) mass is 353 g/mol. The smallest absolute Gasteiger partial charge is 0.137 e. The van der Waals surface area contributed by atoms with Crippen molar-refractivity contribution in [3.05, 3.63) is 63.9 Å². The Hall–Kier alpha value is -0.840. The lowest BCUT2D eigenvalue weighted by Gasteiger charge is -2.11. The fourth-order valence-corrected chi connectivity index (χ4v) is 3.08. The molecule has 0 saturated carbocycles. The summed E-state index contributed by atoms with van der Waals surface area (Å²) in [5.41, 5.74) is 2.39. The zero-order chi connectivity index (χ0) is 14.5. The third kappa shape index (κ3) is 4.08. The van der Waals surface area contributed by atoms with Crippen molar-refractivity contribution in [3.8, 4) is 0 Å². The molecule has 0 saturated heterocycles. The molecule has 1 atom stereocenters. The van der Waals surface area contributed by atoms with Crippen molar-refractivity contribution in [3.63, 3.8) is 0 Å². The quantitative estimate of drug-likeness (QED) is 0.745. The molecule has 2 aromatic carbocycles. The molecule has 1 nitrogen and oxygen atoms in total. The number of hydrogen-bond acceptors (Lipinski definition) is 2. The molecule has 4 heteroatoms. The van der Waals surface area contributed by atoms with E-state index in [1.54, 1.807) is 11.8 Å². The number of nitrogens with one attached hydrogen (secondary N) is 1. The molecule has 0 radical (unpaired) electrons. The maximum Gasteiger partial charge on any atom is 0.137 e. The van der Waals surface area contributed by atoms with E-state index in [0.29, 0.717) is 10.5 Å². The summed E-state index contributed by atoms with van der Waals surface area (Å²) in [6, 6.07) is 14.1. The van der Waals surface area contributed by atoms with Gasteiger partial charge in [-0.05, 0) is 65.3 Å². The Balaban J connectivity index is 1.98. The molecule has 0 aliphatic heterocycles. The fourth-order valence-electron chi connectivity index (χ4n) is 1.82. The van der Waals surface area contributed by atoms with Crippen molar-refractivity contribution in [1.82, 2.24) is 5.32 Å². The molecule has 0 aliphatic rings. The van der Waals surface area contributed by atoms with Gasteiger partial charge in [-0.2, -0.15) is 0 Å². The van der Waals surface area contributed by atoms with Gasteiger partial charge < -0.3 is 5.32 Å². The summed E-state index contributed by atoms with van der Waals surface area (Å²) in [4.78, 5) is 1.22. The van der Waals surface area contributed by atoms with Crippen molar-refractivity contribution in [2.45, 2.75) is 23.6 Å². The highest BCUT2D eigenvalue weighted by molar-refractivity contribution is 9.10. The molecule has 0 amide bonds. The highest BCUT2D eigenvalue weighted by atomic mass is 79.9. The Bertz CT molecular complexity index is 571. The SMILES string of the molecule is CNC(C)c1ccc(SCc2ccc(F)c(Br)c2)cc1. The van der Waals surface area contributed by atoms with Gasteiger partial charge >= 0.3 is 0 Å². The third-order valence-electron chi connectivity index (χ3n) is 3.20. The van der Waals surface area contributed by atoms with Gasteiger partial charge in [0.25, 0.3) is 0 Å². The lowest BCUT2D eigenvalue weighted by Crippen LogP contribution is -2.11. The van der Waals surface area contributed by atoms with E-state index >= 15 is 0 Å². The van der Waals surface area contributed by atoms with E-state index in [-0.39, 0.29) is 5.82 Å². The molecule has 20 heavy (non-hydrogen) atoms. The summed E-state index contributed by atoms with van der Waals surface area (Å²) in [5.74, 6) is 0.615. The largest absolute Gasteiger partial charge is 0.313 e. The Labute approximate surface area is 132 Å². The first-order valence-electron chi connectivity index (χ1n) is 6.44. The zero-order valence-electron chi connectivity index (χ0n) is 11.5. The number of thioether (sulfide) groups is 1. The zero-order valence-corrected chi connectivity index (χ0v) is 13.9. The Kier molecular flexibility index (Phi) is 5.64.